The molecule has 0 N–H and O–H groups in total. The number of hydrogen-bond acceptors (Lipinski definition) is 3. The molecular weight excluding hydrogens is 238 g/mol. The Morgan fingerprint density at radius 3 is 2.74 bits per heavy atom. The molecule has 0 aliphatic heterocycles. The second kappa shape index (κ2) is 5.06. The number of carbonyl (C=O) groups is 1. The summed E-state index contributed by atoms with van der Waals surface area (Å²) in [5, 5.41) is 3.46. The van der Waals surface area contributed by atoms with E-state index in [0.29, 0.717) is 19.5 Å². The van der Waals surface area contributed by atoms with Gasteiger partial charge in [-0.05, 0) is 17.0 Å². The second-order valence-corrected chi connectivity index (χ2v) is 4.37. The quantitative estimate of drug-likeness (QED) is 0.406. The first-order valence-electron chi connectivity index (χ1n) is 6.21. The summed E-state index contributed by atoms with van der Waals surface area (Å²) < 4.78 is 4.77. The van der Waals surface area contributed by atoms with Crippen molar-refractivity contribution in [3.8, 4) is 0 Å². The van der Waals surface area contributed by atoms with Crippen LogP contribution in [0.5, 0.6) is 0 Å². The van der Waals surface area contributed by atoms with Crippen molar-refractivity contribution in [2.24, 2.45) is 0 Å². The van der Waals surface area contributed by atoms with Crippen LogP contribution in [-0.4, -0.2) is 18.1 Å². The summed E-state index contributed by atoms with van der Waals surface area (Å²) in [6, 6.07) is 14.3. The number of benzene rings is 2. The standard InChI is InChI=1S/C16H13NO2/c18-11-19-9-8-12-4-3-6-13-14-5-1-2-7-16(14)17-10-15(12)13/h1-7,10-11H,8-9H2. The molecule has 0 aliphatic rings. The molecule has 1 heterocycles. The van der Waals surface area contributed by atoms with Gasteiger partial charge in [0.1, 0.15) is 0 Å². The molecule has 3 nitrogen and oxygen atoms in total. The summed E-state index contributed by atoms with van der Waals surface area (Å²) >= 11 is 0. The topological polar surface area (TPSA) is 39.2 Å². The second-order valence-electron chi connectivity index (χ2n) is 4.37. The van der Waals surface area contributed by atoms with Gasteiger partial charge < -0.3 is 4.74 Å². The number of hydrogen-bond donors (Lipinski definition) is 0. The van der Waals surface area contributed by atoms with E-state index in [0.717, 1.165) is 21.9 Å². The fourth-order valence-corrected chi connectivity index (χ4v) is 2.38. The lowest BCUT2D eigenvalue weighted by Gasteiger charge is -2.08. The van der Waals surface area contributed by atoms with E-state index in [-0.39, 0.29) is 0 Å². The van der Waals surface area contributed by atoms with Gasteiger partial charge in [0.15, 0.2) is 0 Å². The molecule has 0 amide bonds. The first-order valence-corrected chi connectivity index (χ1v) is 6.21. The third-order valence-electron chi connectivity index (χ3n) is 3.28. The van der Waals surface area contributed by atoms with Crippen LogP contribution < -0.4 is 0 Å². The fourth-order valence-electron chi connectivity index (χ4n) is 2.38. The predicted molar refractivity (Wildman–Crippen MR) is 75.0 cm³/mol. The molecule has 3 rings (SSSR count). The van der Waals surface area contributed by atoms with Crippen molar-refractivity contribution >= 4 is 28.1 Å². The summed E-state index contributed by atoms with van der Waals surface area (Å²) in [5.74, 6) is 0. The van der Waals surface area contributed by atoms with E-state index < -0.39 is 0 Å². The Labute approximate surface area is 110 Å². The summed E-state index contributed by atoms with van der Waals surface area (Å²) in [4.78, 5) is 14.7. The Morgan fingerprint density at radius 2 is 1.84 bits per heavy atom. The van der Waals surface area contributed by atoms with Crippen LogP contribution >= 0.6 is 0 Å². The molecule has 0 saturated carbocycles. The number of pyridine rings is 1. The van der Waals surface area contributed by atoms with Crippen molar-refractivity contribution in [2.75, 3.05) is 6.61 Å². The Hall–Kier alpha value is -2.42. The molecule has 0 bridgehead atoms. The summed E-state index contributed by atoms with van der Waals surface area (Å²) in [7, 11) is 0. The molecule has 94 valence electrons. The van der Waals surface area contributed by atoms with Crippen molar-refractivity contribution in [3.63, 3.8) is 0 Å². The van der Waals surface area contributed by atoms with Crippen molar-refractivity contribution in [3.05, 3.63) is 54.2 Å². The van der Waals surface area contributed by atoms with Gasteiger partial charge in [0.2, 0.25) is 0 Å². The maximum Gasteiger partial charge on any atom is 0.293 e. The van der Waals surface area contributed by atoms with Gasteiger partial charge in [-0.2, -0.15) is 0 Å². The largest absolute Gasteiger partial charge is 0.468 e. The van der Waals surface area contributed by atoms with Crippen molar-refractivity contribution in [1.82, 2.24) is 4.98 Å². The smallest absolute Gasteiger partial charge is 0.293 e. The van der Waals surface area contributed by atoms with Gasteiger partial charge in [-0.3, -0.25) is 9.78 Å². The van der Waals surface area contributed by atoms with Gasteiger partial charge in [0.05, 0.1) is 12.1 Å². The number of nitrogens with zero attached hydrogens (tertiary/aromatic N) is 1. The number of fused-ring (bicyclic) bond motifs is 3. The van der Waals surface area contributed by atoms with E-state index in [1.54, 1.807) is 0 Å². The van der Waals surface area contributed by atoms with E-state index in [1.165, 1.54) is 5.39 Å². The van der Waals surface area contributed by atoms with Crippen LogP contribution in [0.1, 0.15) is 5.56 Å². The highest BCUT2D eigenvalue weighted by atomic mass is 16.5. The van der Waals surface area contributed by atoms with Crippen LogP contribution in [0.2, 0.25) is 0 Å². The summed E-state index contributed by atoms with van der Waals surface area (Å²) in [6.45, 7) is 0.883. The van der Waals surface area contributed by atoms with Gasteiger partial charge in [0.25, 0.3) is 6.47 Å². The lowest BCUT2D eigenvalue weighted by Crippen LogP contribution is -1.97. The molecule has 3 aromatic rings. The number of rotatable bonds is 4. The van der Waals surface area contributed by atoms with Crippen molar-refractivity contribution < 1.29 is 9.53 Å². The molecule has 19 heavy (non-hydrogen) atoms. The van der Waals surface area contributed by atoms with Crippen LogP contribution in [0.3, 0.4) is 0 Å². The molecule has 1 aromatic heterocycles. The van der Waals surface area contributed by atoms with E-state index in [2.05, 4.69) is 17.1 Å². The molecule has 0 spiro atoms. The fraction of sp³-hybridized carbons (Fsp3) is 0.125. The summed E-state index contributed by atoms with van der Waals surface area (Å²) in [5.41, 5.74) is 2.15. The lowest BCUT2D eigenvalue weighted by atomic mass is 10.0. The number of para-hydroxylation sites is 1. The van der Waals surface area contributed by atoms with Crippen LogP contribution in [-0.2, 0) is 16.0 Å². The average molecular weight is 251 g/mol. The minimum atomic E-state index is 0.398. The maximum atomic E-state index is 10.2. The molecule has 0 aliphatic carbocycles. The van der Waals surface area contributed by atoms with Gasteiger partial charge in [0, 0.05) is 23.4 Å². The Bertz CT molecular complexity index is 737. The SMILES string of the molecule is O=COCCc1cccc2c1cnc1ccccc12. The lowest BCUT2D eigenvalue weighted by molar-refractivity contribution is -0.128. The van der Waals surface area contributed by atoms with Crippen molar-refractivity contribution in [2.45, 2.75) is 6.42 Å². The maximum absolute atomic E-state index is 10.2. The average Bonchev–Trinajstić information content (AvgIpc) is 2.47. The third kappa shape index (κ3) is 2.15. The minimum Gasteiger partial charge on any atom is -0.468 e. The van der Waals surface area contributed by atoms with Crippen LogP contribution in [0.15, 0.2) is 48.7 Å². The van der Waals surface area contributed by atoms with Gasteiger partial charge in [-0.25, -0.2) is 0 Å². The van der Waals surface area contributed by atoms with Crippen LogP contribution in [0, 0.1) is 0 Å². The molecule has 0 atom stereocenters. The third-order valence-corrected chi connectivity index (χ3v) is 3.28. The summed E-state index contributed by atoms with van der Waals surface area (Å²) in [6.07, 6.45) is 2.60. The highest BCUT2D eigenvalue weighted by Crippen LogP contribution is 2.26. The number of aromatic nitrogens is 1. The zero-order valence-corrected chi connectivity index (χ0v) is 10.4. The molecule has 0 saturated heterocycles. The van der Waals surface area contributed by atoms with Crippen LogP contribution in [0.4, 0.5) is 0 Å². The minimum absolute atomic E-state index is 0.398. The van der Waals surface area contributed by atoms with E-state index >= 15 is 0 Å². The Kier molecular flexibility index (Phi) is 3.11. The molecule has 3 heteroatoms. The normalized spacial score (nSPS) is 10.7. The van der Waals surface area contributed by atoms with Gasteiger partial charge >= 0.3 is 0 Å². The van der Waals surface area contributed by atoms with Gasteiger partial charge in [-0.1, -0.05) is 36.4 Å². The molecule has 2 aromatic carbocycles. The van der Waals surface area contributed by atoms with Crippen molar-refractivity contribution in [1.29, 1.82) is 0 Å². The molecule has 0 fully saturated rings. The zero-order valence-electron chi connectivity index (χ0n) is 10.4. The van der Waals surface area contributed by atoms with E-state index in [1.807, 2.05) is 36.5 Å². The highest BCUT2D eigenvalue weighted by molar-refractivity contribution is 6.06. The highest BCUT2D eigenvalue weighted by Gasteiger charge is 2.05. The molecule has 0 unspecified atom stereocenters. The van der Waals surface area contributed by atoms with Crippen LogP contribution in [0.25, 0.3) is 21.7 Å². The first kappa shape index (κ1) is 11.7. The Morgan fingerprint density at radius 1 is 1.00 bits per heavy atom. The monoisotopic (exact) mass is 251 g/mol. The molecule has 0 radical (unpaired) electrons. The predicted octanol–water partition coefficient (Wildman–Crippen LogP) is 3.10. The van der Waals surface area contributed by atoms with Gasteiger partial charge in [-0.15, -0.1) is 0 Å². The van der Waals surface area contributed by atoms with E-state index in [4.69, 9.17) is 4.74 Å². The number of ether oxygens (including phenoxy) is 1. The molecular formula is C16H13NO2. The van der Waals surface area contributed by atoms with E-state index in [9.17, 15) is 4.79 Å². The number of carbonyl (C=O) groups excluding carboxylic acids is 1. The zero-order chi connectivity index (χ0) is 13.1. The Balaban J connectivity index is 2.15. The first-order chi connectivity index (χ1) is 9.40.